The van der Waals surface area contributed by atoms with Gasteiger partial charge in [-0.15, -0.1) is 0 Å². The Morgan fingerprint density at radius 1 is 0.750 bits per heavy atom. The van der Waals surface area contributed by atoms with Gasteiger partial charge < -0.3 is 15.2 Å². The summed E-state index contributed by atoms with van der Waals surface area (Å²) in [5.41, 5.74) is 3.79. The van der Waals surface area contributed by atoms with Crippen molar-refractivity contribution in [3.05, 3.63) is 108 Å². The molecular weight excluding hydrogens is 394 g/mol. The lowest BCUT2D eigenvalue weighted by atomic mass is 9.88. The van der Waals surface area contributed by atoms with Crippen molar-refractivity contribution < 1.29 is 9.84 Å². The largest absolute Gasteiger partial charge is 0.393 e. The Kier molecular flexibility index (Phi) is 9.96. The molecule has 0 aliphatic rings. The van der Waals surface area contributed by atoms with Gasteiger partial charge in [-0.25, -0.2) is 0 Å². The van der Waals surface area contributed by atoms with Gasteiger partial charge in [0.2, 0.25) is 0 Å². The minimum Gasteiger partial charge on any atom is -0.393 e. The summed E-state index contributed by atoms with van der Waals surface area (Å²) < 4.78 is 5.54. The maximum atomic E-state index is 10.6. The molecule has 0 saturated carbocycles. The van der Waals surface area contributed by atoms with E-state index in [1.54, 1.807) is 7.11 Å². The van der Waals surface area contributed by atoms with Gasteiger partial charge >= 0.3 is 0 Å². The number of aliphatic hydroxyl groups is 1. The molecule has 0 radical (unpaired) electrons. The second-order valence-corrected chi connectivity index (χ2v) is 8.71. The van der Waals surface area contributed by atoms with E-state index in [0.29, 0.717) is 12.5 Å². The minimum absolute atomic E-state index is 0.108. The number of benzene rings is 3. The first-order valence-corrected chi connectivity index (χ1v) is 11.7. The van der Waals surface area contributed by atoms with Gasteiger partial charge in [0.15, 0.2) is 0 Å². The molecule has 3 heteroatoms. The second kappa shape index (κ2) is 13.2. The fraction of sp³-hybridized carbons (Fsp3) is 0.379. The van der Waals surface area contributed by atoms with Crippen molar-refractivity contribution in [2.75, 3.05) is 13.7 Å². The highest BCUT2D eigenvalue weighted by Crippen LogP contribution is 2.30. The number of methoxy groups -OCH3 is 1. The van der Waals surface area contributed by atoms with Crippen molar-refractivity contribution in [1.29, 1.82) is 0 Å². The van der Waals surface area contributed by atoms with Gasteiger partial charge in [-0.2, -0.15) is 0 Å². The van der Waals surface area contributed by atoms with Gasteiger partial charge in [0.05, 0.1) is 18.8 Å². The third kappa shape index (κ3) is 7.59. The van der Waals surface area contributed by atoms with Crippen molar-refractivity contribution in [1.82, 2.24) is 5.32 Å². The first kappa shape index (κ1) is 24.2. The Bertz CT molecular complexity index is 869. The molecule has 0 spiro atoms. The number of nitrogens with one attached hydrogen (secondary N) is 1. The molecule has 0 aliphatic carbocycles. The Morgan fingerprint density at radius 3 is 1.91 bits per heavy atom. The average Bonchev–Trinajstić information content (AvgIpc) is 2.85. The quantitative estimate of drug-likeness (QED) is 0.343. The van der Waals surface area contributed by atoms with Gasteiger partial charge in [0.1, 0.15) is 0 Å². The van der Waals surface area contributed by atoms with Crippen LogP contribution in [0.25, 0.3) is 0 Å². The fourth-order valence-electron chi connectivity index (χ4n) is 4.30. The van der Waals surface area contributed by atoms with Crippen molar-refractivity contribution in [2.24, 2.45) is 5.92 Å². The van der Waals surface area contributed by atoms with Crippen LogP contribution in [0.15, 0.2) is 91.0 Å². The van der Waals surface area contributed by atoms with E-state index in [9.17, 15) is 5.11 Å². The lowest BCUT2D eigenvalue weighted by Gasteiger charge is -2.31. The Balaban J connectivity index is 1.64. The van der Waals surface area contributed by atoms with Crippen LogP contribution in [0.4, 0.5) is 0 Å². The highest BCUT2D eigenvalue weighted by molar-refractivity contribution is 5.23. The zero-order valence-corrected chi connectivity index (χ0v) is 19.4. The highest BCUT2D eigenvalue weighted by Gasteiger charge is 2.24. The van der Waals surface area contributed by atoms with Crippen molar-refractivity contribution >= 4 is 0 Å². The molecule has 170 valence electrons. The number of aliphatic hydroxyl groups excluding tert-OH is 1. The Morgan fingerprint density at radius 2 is 1.31 bits per heavy atom. The number of ether oxygens (including phenoxy) is 1. The molecule has 3 rings (SSSR count). The first-order valence-electron chi connectivity index (χ1n) is 11.7. The zero-order valence-electron chi connectivity index (χ0n) is 19.4. The Hall–Kier alpha value is -2.46. The van der Waals surface area contributed by atoms with Crippen LogP contribution in [0.2, 0.25) is 0 Å². The van der Waals surface area contributed by atoms with Crippen molar-refractivity contribution in [2.45, 2.75) is 50.8 Å². The van der Waals surface area contributed by atoms with E-state index in [2.05, 4.69) is 91.1 Å². The van der Waals surface area contributed by atoms with Crippen LogP contribution >= 0.6 is 0 Å². The van der Waals surface area contributed by atoms with Gasteiger partial charge in [-0.1, -0.05) is 97.9 Å². The molecule has 2 N–H and O–H groups in total. The monoisotopic (exact) mass is 431 g/mol. The molecule has 0 fully saturated rings. The molecule has 0 aliphatic heterocycles. The molecule has 4 atom stereocenters. The van der Waals surface area contributed by atoms with Crippen LogP contribution in [0, 0.1) is 5.92 Å². The maximum absolute atomic E-state index is 10.6. The number of hydrogen-bond acceptors (Lipinski definition) is 3. The number of hydrogen-bond donors (Lipinski definition) is 2. The fourth-order valence-corrected chi connectivity index (χ4v) is 4.30. The summed E-state index contributed by atoms with van der Waals surface area (Å²) in [6.45, 7) is 2.89. The van der Waals surface area contributed by atoms with Crippen LogP contribution in [0.1, 0.15) is 55.0 Å². The summed E-state index contributed by atoms with van der Waals surface area (Å²) in [7, 11) is 1.75. The molecule has 3 aromatic rings. The molecule has 3 nitrogen and oxygen atoms in total. The highest BCUT2D eigenvalue weighted by atomic mass is 16.5. The molecular formula is C29H37NO2. The van der Waals surface area contributed by atoms with E-state index >= 15 is 0 Å². The van der Waals surface area contributed by atoms with Gasteiger partial charge in [-0.3, -0.25) is 0 Å². The van der Waals surface area contributed by atoms with E-state index in [4.69, 9.17) is 4.74 Å². The van der Waals surface area contributed by atoms with Gasteiger partial charge in [0.25, 0.3) is 0 Å². The molecule has 32 heavy (non-hydrogen) atoms. The smallest absolute Gasteiger partial charge is 0.0657 e. The molecule has 0 amide bonds. The average molecular weight is 432 g/mol. The molecule has 0 bridgehead atoms. The summed E-state index contributed by atoms with van der Waals surface area (Å²) in [4.78, 5) is 0. The summed E-state index contributed by atoms with van der Waals surface area (Å²) in [6.07, 6.45) is 3.20. The third-order valence-electron chi connectivity index (χ3n) is 6.21. The second-order valence-electron chi connectivity index (χ2n) is 8.71. The standard InChI is InChI=1S/C29H37NO2/c1-23(18-20-27(31)21-19-24-12-6-3-7-13-24)29(26-16-10-5-11-17-26)30-28(22-32-2)25-14-8-4-9-15-25/h3-17,23,27-31H,18-22H2,1-2H3/t23?,27-,28-,29?/m1/s1. The SMILES string of the molecule is COC[C@@H](NC(c1ccccc1)C(C)CC[C@@H](O)CCc1ccccc1)c1ccccc1. The van der Waals surface area contributed by atoms with Crippen LogP contribution in [-0.4, -0.2) is 24.9 Å². The van der Waals surface area contributed by atoms with Crippen LogP contribution in [-0.2, 0) is 11.2 Å². The zero-order chi connectivity index (χ0) is 22.6. The minimum atomic E-state index is -0.280. The lowest BCUT2D eigenvalue weighted by Crippen LogP contribution is -2.33. The first-order chi connectivity index (χ1) is 15.7. The van der Waals surface area contributed by atoms with E-state index < -0.39 is 0 Å². The van der Waals surface area contributed by atoms with Crippen molar-refractivity contribution in [3.63, 3.8) is 0 Å². The van der Waals surface area contributed by atoms with E-state index in [1.807, 2.05) is 12.1 Å². The van der Waals surface area contributed by atoms with Crippen molar-refractivity contribution in [3.8, 4) is 0 Å². The maximum Gasteiger partial charge on any atom is 0.0657 e. The third-order valence-corrected chi connectivity index (χ3v) is 6.21. The van der Waals surface area contributed by atoms with E-state index in [-0.39, 0.29) is 18.2 Å². The van der Waals surface area contributed by atoms with Gasteiger partial charge in [-0.05, 0) is 48.3 Å². The van der Waals surface area contributed by atoms with E-state index in [1.165, 1.54) is 16.7 Å². The van der Waals surface area contributed by atoms with Crippen LogP contribution in [0.5, 0.6) is 0 Å². The Labute approximate surface area is 193 Å². The summed E-state index contributed by atoms with van der Waals surface area (Å²) >= 11 is 0. The molecule has 3 aromatic carbocycles. The van der Waals surface area contributed by atoms with Gasteiger partial charge in [0, 0.05) is 13.2 Å². The number of aryl methyl sites for hydroxylation is 1. The van der Waals surface area contributed by atoms with Crippen LogP contribution < -0.4 is 5.32 Å². The van der Waals surface area contributed by atoms with Crippen LogP contribution in [0.3, 0.4) is 0 Å². The summed E-state index contributed by atoms with van der Waals surface area (Å²) in [6, 6.07) is 31.8. The molecule has 0 heterocycles. The topological polar surface area (TPSA) is 41.5 Å². The molecule has 0 saturated heterocycles. The van der Waals surface area contributed by atoms with E-state index in [0.717, 1.165) is 25.7 Å². The molecule has 2 unspecified atom stereocenters. The number of rotatable bonds is 13. The summed E-state index contributed by atoms with van der Waals surface area (Å²) in [5.74, 6) is 0.367. The predicted octanol–water partition coefficient (Wildman–Crippen LogP) is 6.12. The summed E-state index contributed by atoms with van der Waals surface area (Å²) in [5, 5.41) is 14.5. The normalized spacial score (nSPS) is 15.1. The lowest BCUT2D eigenvalue weighted by molar-refractivity contribution is 0.134. The molecule has 0 aromatic heterocycles. The predicted molar refractivity (Wildman–Crippen MR) is 133 cm³/mol.